The Morgan fingerprint density at radius 1 is 1.19 bits per heavy atom. The minimum Gasteiger partial charge on any atom is -0.497 e. The Bertz CT molecular complexity index is 1060. The van der Waals surface area contributed by atoms with Gasteiger partial charge in [0.25, 0.3) is 0 Å². The van der Waals surface area contributed by atoms with Crippen molar-refractivity contribution in [2.75, 3.05) is 25.5 Å². The number of fused-ring (bicyclic) bond motifs is 2. The van der Waals surface area contributed by atoms with Crippen LogP contribution in [0.3, 0.4) is 0 Å². The molecule has 0 bridgehead atoms. The zero-order valence-electron chi connectivity index (χ0n) is 14.3. The maximum atomic E-state index is 14.0. The van der Waals surface area contributed by atoms with Crippen LogP contribution in [0.2, 0.25) is 0 Å². The molecule has 0 aromatic heterocycles. The fourth-order valence-electron chi connectivity index (χ4n) is 3.73. The smallest absolute Gasteiger partial charge is 0.246 e. The number of halogens is 2. The quantitative estimate of drug-likeness (QED) is 0.867. The minimum atomic E-state index is -4.21. The van der Waals surface area contributed by atoms with E-state index in [0.717, 1.165) is 16.4 Å². The lowest BCUT2D eigenvalue weighted by Crippen LogP contribution is -2.39. The van der Waals surface area contributed by atoms with Crippen LogP contribution in [-0.4, -0.2) is 38.8 Å². The number of ether oxygens (including phenoxy) is 1. The summed E-state index contributed by atoms with van der Waals surface area (Å²) in [5, 5.41) is 2.77. The molecule has 1 fully saturated rings. The third-order valence-electron chi connectivity index (χ3n) is 5.17. The first-order valence-corrected chi connectivity index (χ1v) is 9.67. The molecule has 6 nitrogen and oxygen atoms in total. The van der Waals surface area contributed by atoms with Gasteiger partial charge in [-0.25, -0.2) is 17.2 Å². The SMILES string of the molecule is COc1ccc2c(c1)[C@]1(CCN(S(=O)(=O)c3ccc(F)cc3F)C1)C(=O)N2. The predicted molar refractivity (Wildman–Crippen MR) is 93.0 cm³/mol. The molecule has 1 amide bonds. The molecular formula is C18H16F2N2O4S. The summed E-state index contributed by atoms with van der Waals surface area (Å²) < 4.78 is 59.2. The number of hydrogen-bond acceptors (Lipinski definition) is 4. The topological polar surface area (TPSA) is 75.7 Å². The molecule has 0 unspecified atom stereocenters. The first-order valence-electron chi connectivity index (χ1n) is 8.23. The van der Waals surface area contributed by atoms with E-state index in [4.69, 9.17) is 4.74 Å². The number of methoxy groups -OCH3 is 1. The van der Waals surface area contributed by atoms with Crippen molar-refractivity contribution in [3.63, 3.8) is 0 Å². The molecule has 9 heteroatoms. The summed E-state index contributed by atoms with van der Waals surface area (Å²) in [5.74, 6) is -1.77. The first kappa shape index (κ1) is 17.9. The van der Waals surface area contributed by atoms with Gasteiger partial charge in [-0.3, -0.25) is 4.79 Å². The number of hydrogen-bond donors (Lipinski definition) is 1. The highest BCUT2D eigenvalue weighted by Gasteiger charge is 2.53. The van der Waals surface area contributed by atoms with Crippen LogP contribution in [0.15, 0.2) is 41.3 Å². The van der Waals surface area contributed by atoms with Gasteiger partial charge in [-0.1, -0.05) is 0 Å². The van der Waals surface area contributed by atoms with Gasteiger partial charge in [0.1, 0.15) is 22.3 Å². The fraction of sp³-hybridized carbons (Fsp3) is 0.278. The monoisotopic (exact) mass is 394 g/mol. The highest BCUT2D eigenvalue weighted by molar-refractivity contribution is 7.89. The number of nitrogens with one attached hydrogen (secondary N) is 1. The Morgan fingerprint density at radius 3 is 2.67 bits per heavy atom. The Hall–Kier alpha value is -2.52. The molecule has 1 saturated heterocycles. The van der Waals surface area contributed by atoms with Gasteiger partial charge in [-0.2, -0.15) is 4.31 Å². The summed E-state index contributed by atoms with van der Waals surface area (Å²) in [7, 11) is -2.71. The van der Waals surface area contributed by atoms with Crippen molar-refractivity contribution in [3.05, 3.63) is 53.6 Å². The lowest BCUT2D eigenvalue weighted by molar-refractivity contribution is -0.120. The molecule has 0 aliphatic carbocycles. The van der Waals surface area contributed by atoms with Gasteiger partial charge in [0.05, 0.1) is 12.5 Å². The maximum absolute atomic E-state index is 14.0. The summed E-state index contributed by atoms with van der Waals surface area (Å²) >= 11 is 0. The van der Waals surface area contributed by atoms with E-state index in [9.17, 15) is 22.0 Å². The van der Waals surface area contributed by atoms with E-state index in [2.05, 4.69) is 5.32 Å². The van der Waals surface area contributed by atoms with Crippen LogP contribution in [0.1, 0.15) is 12.0 Å². The van der Waals surface area contributed by atoms with Gasteiger partial charge < -0.3 is 10.1 Å². The van der Waals surface area contributed by atoms with E-state index in [1.165, 1.54) is 7.11 Å². The number of carbonyl (C=O) groups excluding carboxylic acids is 1. The third kappa shape index (κ3) is 2.61. The summed E-state index contributed by atoms with van der Waals surface area (Å²) in [6, 6.07) is 7.44. The van der Waals surface area contributed by atoms with Crippen molar-refractivity contribution in [3.8, 4) is 5.75 Å². The standard InChI is InChI=1S/C18H16F2N2O4S/c1-26-12-3-4-15-13(9-12)18(17(23)21-15)6-7-22(10-18)27(24,25)16-5-2-11(19)8-14(16)20/h2-5,8-9H,6-7,10H2,1H3,(H,21,23)/t18-/m1/s1. The fourth-order valence-corrected chi connectivity index (χ4v) is 5.27. The van der Waals surface area contributed by atoms with Crippen molar-refractivity contribution in [2.45, 2.75) is 16.7 Å². The lowest BCUT2D eigenvalue weighted by atomic mass is 9.81. The van der Waals surface area contributed by atoms with Gasteiger partial charge in [-0.05, 0) is 42.3 Å². The molecule has 27 heavy (non-hydrogen) atoms. The van der Waals surface area contributed by atoms with E-state index in [-0.39, 0.29) is 25.4 Å². The molecule has 1 atom stereocenters. The molecule has 2 heterocycles. The van der Waals surface area contributed by atoms with Crippen molar-refractivity contribution in [1.82, 2.24) is 4.31 Å². The van der Waals surface area contributed by atoms with E-state index >= 15 is 0 Å². The van der Waals surface area contributed by atoms with Crippen LogP contribution in [0.25, 0.3) is 0 Å². The van der Waals surface area contributed by atoms with Gasteiger partial charge in [0.15, 0.2) is 0 Å². The second-order valence-electron chi connectivity index (χ2n) is 6.61. The molecule has 2 aromatic carbocycles. The molecular weight excluding hydrogens is 378 g/mol. The number of benzene rings is 2. The zero-order valence-corrected chi connectivity index (χ0v) is 15.1. The molecule has 1 N–H and O–H groups in total. The highest BCUT2D eigenvalue weighted by Crippen LogP contribution is 2.46. The molecule has 2 aliphatic heterocycles. The average molecular weight is 394 g/mol. The van der Waals surface area contributed by atoms with E-state index in [1.54, 1.807) is 18.2 Å². The summed E-state index contributed by atoms with van der Waals surface area (Å²) in [5.41, 5.74) is 0.199. The Labute approximate surface area is 154 Å². The first-order chi connectivity index (χ1) is 12.8. The number of carbonyl (C=O) groups is 1. The third-order valence-corrected chi connectivity index (χ3v) is 7.05. The van der Waals surface area contributed by atoms with Gasteiger partial charge in [0, 0.05) is 24.8 Å². The lowest BCUT2D eigenvalue weighted by Gasteiger charge is -2.23. The van der Waals surface area contributed by atoms with Crippen LogP contribution >= 0.6 is 0 Å². The predicted octanol–water partition coefficient (Wildman–Crippen LogP) is 2.26. The van der Waals surface area contributed by atoms with E-state index in [0.29, 0.717) is 23.1 Å². The second kappa shape index (κ2) is 6.00. The minimum absolute atomic E-state index is 0.0449. The Morgan fingerprint density at radius 2 is 1.96 bits per heavy atom. The van der Waals surface area contributed by atoms with Crippen LogP contribution in [-0.2, 0) is 20.2 Å². The van der Waals surface area contributed by atoms with Gasteiger partial charge in [-0.15, -0.1) is 0 Å². The summed E-state index contributed by atoms with van der Waals surface area (Å²) in [4.78, 5) is 12.1. The summed E-state index contributed by atoms with van der Waals surface area (Å²) in [6.45, 7) is -0.0820. The number of amides is 1. The molecule has 4 rings (SSSR count). The van der Waals surface area contributed by atoms with Gasteiger partial charge >= 0.3 is 0 Å². The molecule has 0 saturated carbocycles. The second-order valence-corrected chi connectivity index (χ2v) is 8.52. The van der Waals surface area contributed by atoms with Crippen molar-refractivity contribution < 1.29 is 26.7 Å². The number of sulfonamides is 1. The number of anilines is 1. The zero-order chi connectivity index (χ0) is 19.4. The number of rotatable bonds is 3. The van der Waals surface area contributed by atoms with Crippen molar-refractivity contribution >= 4 is 21.6 Å². The maximum Gasteiger partial charge on any atom is 0.246 e. The van der Waals surface area contributed by atoms with E-state index in [1.807, 2.05) is 0 Å². The molecule has 2 aliphatic rings. The largest absolute Gasteiger partial charge is 0.497 e. The van der Waals surface area contributed by atoms with Crippen LogP contribution < -0.4 is 10.1 Å². The van der Waals surface area contributed by atoms with E-state index < -0.39 is 32.0 Å². The molecule has 0 radical (unpaired) electrons. The van der Waals surface area contributed by atoms with Gasteiger partial charge in [0.2, 0.25) is 15.9 Å². The van der Waals surface area contributed by atoms with Crippen LogP contribution in [0.4, 0.5) is 14.5 Å². The van der Waals surface area contributed by atoms with Crippen LogP contribution in [0.5, 0.6) is 5.75 Å². The highest BCUT2D eigenvalue weighted by atomic mass is 32.2. The molecule has 1 spiro atoms. The average Bonchev–Trinajstić information content (AvgIpc) is 3.19. The normalized spacial score (nSPS) is 22.1. The molecule has 2 aromatic rings. The summed E-state index contributed by atoms with van der Waals surface area (Å²) in [6.07, 6.45) is 0.251. The Balaban J connectivity index is 1.73. The van der Waals surface area contributed by atoms with Crippen molar-refractivity contribution in [2.24, 2.45) is 0 Å². The van der Waals surface area contributed by atoms with Crippen molar-refractivity contribution in [1.29, 1.82) is 0 Å². The number of nitrogens with zero attached hydrogens (tertiary/aromatic N) is 1. The van der Waals surface area contributed by atoms with Crippen LogP contribution in [0, 0.1) is 11.6 Å². The Kier molecular flexibility index (Phi) is 3.97. The molecule has 142 valence electrons.